The molecule has 0 fully saturated rings. The molecular formula is C12H17N3O. The highest BCUT2D eigenvalue weighted by Crippen LogP contribution is 2.17. The van der Waals surface area contributed by atoms with Crippen LogP contribution in [0.4, 0.5) is 5.69 Å². The van der Waals surface area contributed by atoms with E-state index in [1.54, 1.807) is 6.07 Å². The Bertz CT molecular complexity index is 410. The molecule has 4 nitrogen and oxygen atoms in total. The van der Waals surface area contributed by atoms with Crippen LogP contribution >= 0.6 is 0 Å². The van der Waals surface area contributed by atoms with E-state index < -0.39 is 0 Å². The number of hydrogen-bond donors (Lipinski definition) is 2. The maximum atomic E-state index is 5.67. The number of benzene rings is 1. The highest BCUT2D eigenvalue weighted by atomic mass is 16.6. The van der Waals surface area contributed by atoms with Crippen LogP contribution in [0.15, 0.2) is 35.8 Å². The van der Waals surface area contributed by atoms with Gasteiger partial charge in [-0.1, -0.05) is 32.6 Å². The number of nitrogens with zero attached hydrogens (tertiary/aromatic N) is 1. The van der Waals surface area contributed by atoms with Gasteiger partial charge in [0.15, 0.2) is 0 Å². The lowest BCUT2D eigenvalue weighted by Gasteiger charge is -2.08. The van der Waals surface area contributed by atoms with Crippen LogP contribution in [0.5, 0.6) is 0 Å². The van der Waals surface area contributed by atoms with Gasteiger partial charge in [0.25, 0.3) is 0 Å². The van der Waals surface area contributed by atoms with Crippen molar-refractivity contribution in [1.29, 1.82) is 0 Å². The molecule has 4 heteroatoms. The molecule has 1 aromatic carbocycles. The topological polar surface area (TPSA) is 73.6 Å². The number of rotatable bonds is 3. The minimum Gasteiger partial charge on any atom is -0.399 e. The molecule has 1 aromatic rings. The largest absolute Gasteiger partial charge is 0.399 e. The monoisotopic (exact) mass is 219 g/mol. The van der Waals surface area contributed by atoms with Crippen molar-refractivity contribution >= 4 is 17.3 Å². The third-order valence-electron chi connectivity index (χ3n) is 2.08. The highest BCUT2D eigenvalue weighted by molar-refractivity contribution is 5.84. The quantitative estimate of drug-likeness (QED) is 0.354. The first kappa shape index (κ1) is 12.3. The van der Waals surface area contributed by atoms with Crippen molar-refractivity contribution in [2.75, 3.05) is 5.73 Å². The highest BCUT2D eigenvalue weighted by Gasteiger charge is 2.07. The minimum atomic E-state index is 0.114. The van der Waals surface area contributed by atoms with Gasteiger partial charge >= 0.3 is 0 Å². The van der Waals surface area contributed by atoms with Gasteiger partial charge in [0.1, 0.15) is 0 Å². The second-order valence-corrected chi connectivity index (χ2v) is 3.79. The molecule has 0 heterocycles. The molecule has 0 aliphatic rings. The zero-order valence-electron chi connectivity index (χ0n) is 9.60. The van der Waals surface area contributed by atoms with Gasteiger partial charge in [0, 0.05) is 17.2 Å². The first-order chi connectivity index (χ1) is 7.54. The van der Waals surface area contributed by atoms with Gasteiger partial charge in [-0.05, 0) is 12.1 Å². The van der Waals surface area contributed by atoms with E-state index in [4.69, 9.17) is 16.5 Å². The SMILES string of the molecule is C=C(N=C(ON)C(C)C)c1cccc(N)c1. The van der Waals surface area contributed by atoms with Crippen LogP contribution in [0.3, 0.4) is 0 Å². The third kappa shape index (κ3) is 3.10. The Morgan fingerprint density at radius 3 is 2.62 bits per heavy atom. The summed E-state index contributed by atoms with van der Waals surface area (Å²) in [5.74, 6) is 5.70. The summed E-state index contributed by atoms with van der Waals surface area (Å²) in [6.07, 6.45) is 0. The van der Waals surface area contributed by atoms with Crippen LogP contribution in [-0.2, 0) is 4.84 Å². The number of aliphatic imine (C=N–C) groups is 1. The molecule has 0 aliphatic heterocycles. The standard InChI is InChI=1S/C12H17N3O/c1-8(2)12(16-14)15-9(3)10-5-4-6-11(13)7-10/h4-8H,3,13-14H2,1-2H3. The van der Waals surface area contributed by atoms with Gasteiger partial charge < -0.3 is 10.6 Å². The maximum absolute atomic E-state index is 5.67. The fraction of sp³-hybridized carbons (Fsp3) is 0.250. The van der Waals surface area contributed by atoms with E-state index in [0.29, 0.717) is 17.3 Å². The summed E-state index contributed by atoms with van der Waals surface area (Å²) < 4.78 is 0. The van der Waals surface area contributed by atoms with E-state index in [-0.39, 0.29) is 5.92 Å². The van der Waals surface area contributed by atoms with E-state index in [9.17, 15) is 0 Å². The van der Waals surface area contributed by atoms with E-state index in [1.807, 2.05) is 32.0 Å². The normalized spacial score (nSPS) is 11.6. The molecule has 0 saturated carbocycles. The van der Waals surface area contributed by atoms with Gasteiger partial charge in [-0.3, -0.25) is 0 Å². The molecule has 16 heavy (non-hydrogen) atoms. The lowest BCUT2D eigenvalue weighted by molar-refractivity contribution is 0.300. The third-order valence-corrected chi connectivity index (χ3v) is 2.08. The number of nitrogen functional groups attached to an aromatic ring is 1. The molecule has 0 aliphatic carbocycles. The van der Waals surface area contributed by atoms with Crippen molar-refractivity contribution in [2.24, 2.45) is 16.8 Å². The summed E-state index contributed by atoms with van der Waals surface area (Å²) >= 11 is 0. The van der Waals surface area contributed by atoms with Crippen molar-refractivity contribution in [3.8, 4) is 0 Å². The van der Waals surface area contributed by atoms with E-state index in [1.165, 1.54) is 0 Å². The average molecular weight is 219 g/mol. The first-order valence-corrected chi connectivity index (χ1v) is 5.04. The molecule has 0 aromatic heterocycles. The van der Waals surface area contributed by atoms with Crippen LogP contribution < -0.4 is 11.6 Å². The summed E-state index contributed by atoms with van der Waals surface area (Å²) in [4.78, 5) is 8.92. The molecule has 0 amide bonds. The molecule has 86 valence electrons. The van der Waals surface area contributed by atoms with Crippen LogP contribution in [-0.4, -0.2) is 5.90 Å². The first-order valence-electron chi connectivity index (χ1n) is 5.04. The van der Waals surface area contributed by atoms with Gasteiger partial charge in [0.05, 0.1) is 5.70 Å². The molecule has 0 radical (unpaired) electrons. The zero-order chi connectivity index (χ0) is 12.1. The lowest BCUT2D eigenvalue weighted by Crippen LogP contribution is -2.16. The minimum absolute atomic E-state index is 0.114. The number of nitrogens with two attached hydrogens (primary N) is 2. The molecule has 0 atom stereocenters. The molecule has 0 saturated heterocycles. The van der Waals surface area contributed by atoms with Crippen LogP contribution in [0.25, 0.3) is 5.70 Å². The zero-order valence-corrected chi connectivity index (χ0v) is 9.60. The van der Waals surface area contributed by atoms with Crippen LogP contribution in [0.1, 0.15) is 19.4 Å². The molecule has 0 bridgehead atoms. The average Bonchev–Trinajstić information content (AvgIpc) is 2.25. The van der Waals surface area contributed by atoms with Crippen molar-refractivity contribution in [3.05, 3.63) is 36.4 Å². The van der Waals surface area contributed by atoms with Gasteiger partial charge in [-0.25, -0.2) is 4.99 Å². The predicted octanol–water partition coefficient (Wildman–Crippen LogP) is 2.18. The Labute approximate surface area is 95.6 Å². The Hall–Kier alpha value is -1.81. The maximum Gasteiger partial charge on any atom is 0.216 e. The van der Waals surface area contributed by atoms with Crippen LogP contribution in [0.2, 0.25) is 0 Å². The van der Waals surface area contributed by atoms with Gasteiger partial charge in [-0.15, -0.1) is 0 Å². The van der Waals surface area contributed by atoms with E-state index in [0.717, 1.165) is 5.56 Å². The Morgan fingerprint density at radius 1 is 1.44 bits per heavy atom. The Balaban J connectivity index is 2.94. The summed E-state index contributed by atoms with van der Waals surface area (Å²) in [6.45, 7) is 7.74. The van der Waals surface area contributed by atoms with Crippen molar-refractivity contribution in [1.82, 2.24) is 0 Å². The summed E-state index contributed by atoms with van der Waals surface area (Å²) in [7, 11) is 0. The summed E-state index contributed by atoms with van der Waals surface area (Å²) in [5.41, 5.74) is 7.79. The second-order valence-electron chi connectivity index (χ2n) is 3.79. The van der Waals surface area contributed by atoms with Crippen molar-refractivity contribution < 1.29 is 4.84 Å². The van der Waals surface area contributed by atoms with Gasteiger partial charge in [-0.2, -0.15) is 5.90 Å². The van der Waals surface area contributed by atoms with Crippen LogP contribution in [0, 0.1) is 5.92 Å². The Morgan fingerprint density at radius 2 is 2.12 bits per heavy atom. The molecule has 4 N–H and O–H groups in total. The molecule has 0 spiro atoms. The predicted molar refractivity (Wildman–Crippen MR) is 67.4 cm³/mol. The number of anilines is 1. The molecular weight excluding hydrogens is 202 g/mol. The fourth-order valence-corrected chi connectivity index (χ4v) is 1.21. The van der Waals surface area contributed by atoms with E-state index in [2.05, 4.69) is 11.6 Å². The van der Waals surface area contributed by atoms with Crippen molar-refractivity contribution in [3.63, 3.8) is 0 Å². The molecule has 1 rings (SSSR count). The summed E-state index contributed by atoms with van der Waals surface area (Å²) in [6, 6.07) is 7.35. The van der Waals surface area contributed by atoms with Gasteiger partial charge in [0.2, 0.25) is 5.90 Å². The Kier molecular flexibility index (Phi) is 4.08. The number of hydrogen-bond acceptors (Lipinski definition) is 4. The summed E-state index contributed by atoms with van der Waals surface area (Å²) in [5, 5.41) is 0. The fourth-order valence-electron chi connectivity index (χ4n) is 1.21. The smallest absolute Gasteiger partial charge is 0.216 e. The van der Waals surface area contributed by atoms with Crippen molar-refractivity contribution in [2.45, 2.75) is 13.8 Å². The molecule has 0 unspecified atom stereocenters. The lowest BCUT2D eigenvalue weighted by atomic mass is 10.1. The van der Waals surface area contributed by atoms with E-state index >= 15 is 0 Å². The second kappa shape index (κ2) is 5.32.